The molecule has 2 N–H and O–H groups in total. The van der Waals surface area contributed by atoms with Gasteiger partial charge in [0.2, 0.25) is 5.91 Å². The summed E-state index contributed by atoms with van der Waals surface area (Å²) in [5.41, 5.74) is 6.37. The Morgan fingerprint density at radius 1 is 1.29 bits per heavy atom. The van der Waals surface area contributed by atoms with Crippen LogP contribution in [-0.4, -0.2) is 13.0 Å². The zero-order chi connectivity index (χ0) is 15.4. The van der Waals surface area contributed by atoms with E-state index in [4.69, 9.17) is 15.2 Å². The van der Waals surface area contributed by atoms with Crippen molar-refractivity contribution in [2.24, 2.45) is 5.73 Å². The van der Waals surface area contributed by atoms with Crippen LogP contribution in [0.25, 0.3) is 0 Å². The summed E-state index contributed by atoms with van der Waals surface area (Å²) in [6, 6.07) is 9.06. The van der Waals surface area contributed by atoms with Crippen molar-refractivity contribution in [1.82, 2.24) is 0 Å². The monoisotopic (exact) mass is 353 g/mol. The second kappa shape index (κ2) is 6.58. The van der Waals surface area contributed by atoms with Crippen LogP contribution < -0.4 is 15.2 Å². The third-order valence-corrected chi connectivity index (χ3v) is 3.40. The van der Waals surface area contributed by atoms with Crippen LogP contribution in [0.2, 0.25) is 0 Å². The molecule has 0 bridgehead atoms. The Morgan fingerprint density at radius 2 is 1.95 bits per heavy atom. The molecule has 0 radical (unpaired) electrons. The second-order valence-corrected chi connectivity index (χ2v) is 5.12. The molecule has 0 fully saturated rings. The number of rotatable bonds is 5. The molecule has 6 heteroatoms. The van der Waals surface area contributed by atoms with Gasteiger partial charge in [-0.1, -0.05) is 12.1 Å². The first-order valence-corrected chi connectivity index (χ1v) is 6.85. The summed E-state index contributed by atoms with van der Waals surface area (Å²) >= 11 is 3.32. The molecular formula is C15H13BrFNO3. The lowest BCUT2D eigenvalue weighted by atomic mass is 10.2. The van der Waals surface area contributed by atoms with Crippen molar-refractivity contribution in [3.63, 3.8) is 0 Å². The molecule has 110 valence electrons. The predicted molar refractivity (Wildman–Crippen MR) is 79.9 cm³/mol. The smallest absolute Gasteiger partial charge is 0.248 e. The van der Waals surface area contributed by atoms with Crippen molar-refractivity contribution in [3.8, 4) is 11.5 Å². The maximum Gasteiger partial charge on any atom is 0.248 e. The van der Waals surface area contributed by atoms with Gasteiger partial charge in [0, 0.05) is 5.56 Å². The van der Waals surface area contributed by atoms with Crippen LogP contribution >= 0.6 is 15.9 Å². The highest BCUT2D eigenvalue weighted by molar-refractivity contribution is 9.10. The van der Waals surface area contributed by atoms with Crippen molar-refractivity contribution < 1.29 is 18.7 Å². The maximum absolute atomic E-state index is 12.8. The van der Waals surface area contributed by atoms with Gasteiger partial charge in [-0.3, -0.25) is 4.79 Å². The van der Waals surface area contributed by atoms with Crippen molar-refractivity contribution in [3.05, 3.63) is 57.8 Å². The lowest BCUT2D eigenvalue weighted by Gasteiger charge is -2.13. The van der Waals surface area contributed by atoms with Crippen LogP contribution in [0, 0.1) is 5.82 Å². The highest BCUT2D eigenvalue weighted by Crippen LogP contribution is 2.37. The Balaban J connectivity index is 2.23. The molecule has 2 aromatic rings. The van der Waals surface area contributed by atoms with Gasteiger partial charge in [-0.25, -0.2) is 4.39 Å². The van der Waals surface area contributed by atoms with Crippen LogP contribution in [-0.2, 0) is 6.61 Å². The Morgan fingerprint density at radius 3 is 2.52 bits per heavy atom. The second-order valence-electron chi connectivity index (χ2n) is 4.27. The van der Waals surface area contributed by atoms with E-state index in [1.807, 2.05) is 0 Å². The SMILES string of the molecule is COc1cc(C(N)=O)cc(Br)c1OCc1ccc(F)cc1. The topological polar surface area (TPSA) is 61.5 Å². The first-order valence-electron chi connectivity index (χ1n) is 6.06. The molecule has 0 heterocycles. The Bertz CT molecular complexity index is 659. The average molecular weight is 354 g/mol. The van der Waals surface area contributed by atoms with Crippen LogP contribution in [0.5, 0.6) is 11.5 Å². The molecular weight excluding hydrogens is 341 g/mol. The molecule has 0 aliphatic carbocycles. The van der Waals surface area contributed by atoms with Crippen LogP contribution in [0.15, 0.2) is 40.9 Å². The predicted octanol–water partition coefficient (Wildman–Crippen LogP) is 3.27. The van der Waals surface area contributed by atoms with Crippen LogP contribution in [0.3, 0.4) is 0 Å². The highest BCUT2D eigenvalue weighted by Gasteiger charge is 2.14. The van der Waals surface area contributed by atoms with E-state index in [1.165, 1.54) is 25.3 Å². The molecule has 0 saturated heterocycles. The van der Waals surface area contributed by atoms with E-state index in [-0.39, 0.29) is 12.4 Å². The van der Waals surface area contributed by atoms with E-state index in [0.29, 0.717) is 21.5 Å². The summed E-state index contributed by atoms with van der Waals surface area (Å²) in [6.45, 7) is 0.241. The normalized spacial score (nSPS) is 10.2. The fourth-order valence-electron chi connectivity index (χ4n) is 1.74. The summed E-state index contributed by atoms with van der Waals surface area (Å²) in [6.07, 6.45) is 0. The van der Waals surface area contributed by atoms with Crippen molar-refractivity contribution in [2.45, 2.75) is 6.61 Å². The summed E-state index contributed by atoms with van der Waals surface area (Å²) < 4.78 is 24.3. The number of halogens is 2. The van der Waals surface area contributed by atoms with E-state index in [0.717, 1.165) is 5.56 Å². The molecule has 0 aromatic heterocycles. The Labute approximate surface area is 129 Å². The molecule has 2 rings (SSSR count). The van der Waals surface area contributed by atoms with Crippen molar-refractivity contribution in [2.75, 3.05) is 7.11 Å². The third-order valence-electron chi connectivity index (χ3n) is 2.81. The standard InChI is InChI=1S/C15H13BrFNO3/c1-20-13-7-10(15(18)19)6-12(16)14(13)21-8-9-2-4-11(17)5-3-9/h2-7H,8H2,1H3,(H2,18,19). The minimum atomic E-state index is -0.556. The van der Waals surface area contributed by atoms with E-state index in [2.05, 4.69) is 15.9 Å². The number of benzene rings is 2. The van der Waals surface area contributed by atoms with Gasteiger partial charge in [-0.15, -0.1) is 0 Å². The van der Waals surface area contributed by atoms with Gasteiger partial charge in [0.1, 0.15) is 12.4 Å². The number of amides is 1. The molecule has 0 unspecified atom stereocenters. The average Bonchev–Trinajstić information content (AvgIpc) is 2.46. The van der Waals surface area contributed by atoms with Crippen LogP contribution in [0.1, 0.15) is 15.9 Å². The third kappa shape index (κ3) is 3.72. The number of hydrogen-bond donors (Lipinski definition) is 1. The van der Waals surface area contributed by atoms with Crippen molar-refractivity contribution in [1.29, 1.82) is 0 Å². The molecule has 2 aromatic carbocycles. The summed E-state index contributed by atoms with van der Waals surface area (Å²) in [5, 5.41) is 0. The Kier molecular flexibility index (Phi) is 4.80. The summed E-state index contributed by atoms with van der Waals surface area (Å²) in [4.78, 5) is 11.2. The molecule has 1 amide bonds. The van der Waals surface area contributed by atoms with Crippen LogP contribution in [0.4, 0.5) is 4.39 Å². The largest absolute Gasteiger partial charge is 0.493 e. The lowest BCUT2D eigenvalue weighted by molar-refractivity contribution is 0.1000. The van der Waals surface area contributed by atoms with E-state index >= 15 is 0 Å². The quantitative estimate of drug-likeness (QED) is 0.897. The molecule has 4 nitrogen and oxygen atoms in total. The number of ether oxygens (including phenoxy) is 2. The first-order chi connectivity index (χ1) is 10.0. The zero-order valence-electron chi connectivity index (χ0n) is 11.2. The number of methoxy groups -OCH3 is 1. The first kappa shape index (κ1) is 15.3. The zero-order valence-corrected chi connectivity index (χ0v) is 12.8. The van der Waals surface area contributed by atoms with Gasteiger partial charge in [-0.2, -0.15) is 0 Å². The number of hydrogen-bond acceptors (Lipinski definition) is 3. The van der Waals surface area contributed by atoms with E-state index in [9.17, 15) is 9.18 Å². The van der Waals surface area contributed by atoms with Gasteiger partial charge in [-0.05, 0) is 45.8 Å². The summed E-state index contributed by atoms with van der Waals surface area (Å²) in [5.74, 6) is -0.0190. The van der Waals surface area contributed by atoms with Gasteiger partial charge >= 0.3 is 0 Å². The lowest BCUT2D eigenvalue weighted by Crippen LogP contribution is -2.11. The van der Waals surface area contributed by atoms with Gasteiger partial charge in [0.25, 0.3) is 0 Å². The van der Waals surface area contributed by atoms with E-state index < -0.39 is 5.91 Å². The molecule has 0 spiro atoms. The number of carbonyl (C=O) groups is 1. The van der Waals surface area contributed by atoms with Gasteiger partial charge in [0.15, 0.2) is 11.5 Å². The highest BCUT2D eigenvalue weighted by atomic mass is 79.9. The fraction of sp³-hybridized carbons (Fsp3) is 0.133. The number of carbonyl (C=O) groups excluding carboxylic acids is 1. The fourth-order valence-corrected chi connectivity index (χ4v) is 2.29. The molecule has 0 saturated carbocycles. The van der Waals surface area contributed by atoms with Gasteiger partial charge in [0.05, 0.1) is 11.6 Å². The van der Waals surface area contributed by atoms with Crippen molar-refractivity contribution >= 4 is 21.8 Å². The minimum absolute atomic E-state index is 0.241. The molecule has 21 heavy (non-hydrogen) atoms. The molecule has 0 atom stereocenters. The van der Waals surface area contributed by atoms with E-state index in [1.54, 1.807) is 18.2 Å². The minimum Gasteiger partial charge on any atom is -0.493 e. The number of primary amides is 1. The summed E-state index contributed by atoms with van der Waals surface area (Å²) in [7, 11) is 1.47. The molecule has 0 aliphatic rings. The number of nitrogens with two attached hydrogens (primary N) is 1. The molecule has 0 aliphatic heterocycles. The Hall–Kier alpha value is -2.08. The maximum atomic E-state index is 12.8. The van der Waals surface area contributed by atoms with Gasteiger partial charge < -0.3 is 15.2 Å².